The zero-order valence-electron chi connectivity index (χ0n) is 11.9. The Kier molecular flexibility index (Phi) is 3.20. The van der Waals surface area contributed by atoms with Gasteiger partial charge in [-0.3, -0.25) is 9.59 Å². The number of carbonyl (C=O) groups is 2. The molecular weight excluding hydrogens is 268 g/mol. The minimum atomic E-state index is -0.778. The summed E-state index contributed by atoms with van der Waals surface area (Å²) in [5.74, 6) is -0.834. The van der Waals surface area contributed by atoms with Gasteiger partial charge in [-0.2, -0.15) is 0 Å². The number of hydrogen-bond acceptors (Lipinski definition) is 2. The molecule has 5 heteroatoms. The van der Waals surface area contributed by atoms with Gasteiger partial charge in [0, 0.05) is 24.0 Å². The molecule has 2 heterocycles. The van der Waals surface area contributed by atoms with Crippen LogP contribution in [0, 0.1) is 5.41 Å². The molecule has 1 amide bonds. The van der Waals surface area contributed by atoms with Crippen LogP contribution in [0.3, 0.4) is 0 Å². The van der Waals surface area contributed by atoms with Crippen molar-refractivity contribution >= 4 is 22.8 Å². The summed E-state index contributed by atoms with van der Waals surface area (Å²) in [4.78, 5) is 28.6. The molecule has 0 radical (unpaired) electrons. The lowest BCUT2D eigenvalue weighted by Gasteiger charge is -2.36. The lowest BCUT2D eigenvalue weighted by molar-refractivity contribution is -0.150. The summed E-state index contributed by atoms with van der Waals surface area (Å²) >= 11 is 0. The molecule has 3 rings (SSSR count). The lowest BCUT2D eigenvalue weighted by atomic mass is 9.80. The van der Waals surface area contributed by atoms with Crippen molar-refractivity contribution in [2.75, 3.05) is 13.1 Å². The van der Waals surface area contributed by atoms with Crippen LogP contribution in [-0.2, 0) is 4.79 Å². The first-order chi connectivity index (χ1) is 9.99. The largest absolute Gasteiger partial charge is 0.481 e. The van der Waals surface area contributed by atoms with Gasteiger partial charge in [-0.05, 0) is 31.9 Å². The fourth-order valence-corrected chi connectivity index (χ4v) is 2.78. The molecule has 110 valence electrons. The smallest absolute Gasteiger partial charge is 0.309 e. The number of rotatable bonds is 2. The predicted octanol–water partition coefficient (Wildman–Crippen LogP) is 2.49. The summed E-state index contributed by atoms with van der Waals surface area (Å²) in [5, 5.41) is 10.2. The molecule has 1 aromatic carbocycles. The Balaban J connectivity index is 1.76. The number of benzene rings is 1. The van der Waals surface area contributed by atoms with Crippen LogP contribution in [0.25, 0.3) is 10.9 Å². The van der Waals surface area contributed by atoms with Crippen molar-refractivity contribution in [2.45, 2.75) is 19.8 Å². The Morgan fingerprint density at radius 1 is 1.24 bits per heavy atom. The predicted molar refractivity (Wildman–Crippen MR) is 79.2 cm³/mol. The van der Waals surface area contributed by atoms with Crippen LogP contribution in [-0.4, -0.2) is 40.0 Å². The number of carbonyl (C=O) groups excluding carboxylic acids is 1. The molecule has 0 spiro atoms. The minimum absolute atomic E-state index is 0.0568. The molecular formula is C16H18N2O3. The minimum Gasteiger partial charge on any atom is -0.481 e. The van der Waals surface area contributed by atoms with Crippen LogP contribution in [0.4, 0.5) is 0 Å². The quantitative estimate of drug-likeness (QED) is 0.890. The number of piperidine rings is 1. The molecule has 1 aromatic heterocycles. The molecule has 1 aliphatic rings. The number of likely N-dealkylation sites (tertiary alicyclic amines) is 1. The normalized spacial score (nSPS) is 17.9. The SMILES string of the molecule is CC1(C(=O)O)CCN(C(=O)c2cc3ccccc3[nH]2)CC1. The van der Waals surface area contributed by atoms with Gasteiger partial charge in [-0.1, -0.05) is 18.2 Å². The Morgan fingerprint density at radius 2 is 1.90 bits per heavy atom. The molecule has 0 aliphatic carbocycles. The summed E-state index contributed by atoms with van der Waals surface area (Å²) in [6.07, 6.45) is 0.989. The summed E-state index contributed by atoms with van der Waals surface area (Å²) in [5.41, 5.74) is 0.792. The Hall–Kier alpha value is -2.30. The van der Waals surface area contributed by atoms with E-state index in [4.69, 9.17) is 0 Å². The number of amides is 1. The van der Waals surface area contributed by atoms with Gasteiger partial charge < -0.3 is 15.0 Å². The van der Waals surface area contributed by atoms with Gasteiger partial charge in [0.15, 0.2) is 0 Å². The standard InChI is InChI=1S/C16H18N2O3/c1-16(15(20)21)6-8-18(9-7-16)14(19)13-10-11-4-2-3-5-12(11)17-13/h2-5,10,17H,6-9H2,1H3,(H,20,21). The van der Waals surface area contributed by atoms with Crippen molar-refractivity contribution in [3.05, 3.63) is 36.0 Å². The van der Waals surface area contributed by atoms with E-state index in [0.29, 0.717) is 31.6 Å². The second kappa shape index (κ2) is 4.91. The number of nitrogens with one attached hydrogen (secondary N) is 1. The van der Waals surface area contributed by atoms with Gasteiger partial charge in [0.2, 0.25) is 0 Å². The molecule has 0 unspecified atom stereocenters. The molecule has 2 aromatic rings. The van der Waals surface area contributed by atoms with E-state index >= 15 is 0 Å². The molecule has 1 aliphatic heterocycles. The van der Waals surface area contributed by atoms with Gasteiger partial charge >= 0.3 is 5.97 Å². The third-order valence-electron chi connectivity index (χ3n) is 4.43. The maximum Gasteiger partial charge on any atom is 0.309 e. The lowest BCUT2D eigenvalue weighted by Crippen LogP contribution is -2.45. The number of fused-ring (bicyclic) bond motifs is 1. The van der Waals surface area contributed by atoms with E-state index in [0.717, 1.165) is 10.9 Å². The monoisotopic (exact) mass is 286 g/mol. The van der Waals surface area contributed by atoms with Crippen LogP contribution in [0.15, 0.2) is 30.3 Å². The molecule has 2 N–H and O–H groups in total. The van der Waals surface area contributed by atoms with E-state index in [-0.39, 0.29) is 5.91 Å². The topological polar surface area (TPSA) is 73.4 Å². The highest BCUT2D eigenvalue weighted by Gasteiger charge is 2.38. The highest BCUT2D eigenvalue weighted by atomic mass is 16.4. The van der Waals surface area contributed by atoms with Crippen LogP contribution in [0.2, 0.25) is 0 Å². The first-order valence-corrected chi connectivity index (χ1v) is 7.10. The van der Waals surface area contributed by atoms with Gasteiger partial charge in [0.1, 0.15) is 5.69 Å². The van der Waals surface area contributed by atoms with Crippen LogP contribution in [0.5, 0.6) is 0 Å². The zero-order chi connectivity index (χ0) is 15.0. The molecule has 1 fully saturated rings. The number of carboxylic acid groups (broad SMARTS) is 1. The van der Waals surface area contributed by atoms with E-state index < -0.39 is 11.4 Å². The van der Waals surface area contributed by atoms with Crippen molar-refractivity contribution in [3.63, 3.8) is 0 Å². The number of hydrogen-bond donors (Lipinski definition) is 2. The van der Waals surface area contributed by atoms with Gasteiger partial charge in [-0.25, -0.2) is 0 Å². The zero-order valence-corrected chi connectivity index (χ0v) is 11.9. The number of H-pyrrole nitrogens is 1. The summed E-state index contributed by atoms with van der Waals surface area (Å²) in [6, 6.07) is 9.60. The maximum atomic E-state index is 12.5. The highest BCUT2D eigenvalue weighted by Crippen LogP contribution is 2.31. The summed E-state index contributed by atoms with van der Waals surface area (Å²) in [6.45, 7) is 2.72. The molecule has 1 saturated heterocycles. The van der Waals surface area contributed by atoms with E-state index in [1.807, 2.05) is 30.3 Å². The van der Waals surface area contributed by atoms with Crippen molar-refractivity contribution in [1.29, 1.82) is 0 Å². The molecule has 0 bridgehead atoms. The molecule has 0 atom stereocenters. The number of aromatic nitrogens is 1. The number of aliphatic carboxylic acids is 1. The van der Waals surface area contributed by atoms with E-state index in [9.17, 15) is 14.7 Å². The second-order valence-electron chi connectivity index (χ2n) is 5.93. The fraction of sp³-hybridized carbons (Fsp3) is 0.375. The average Bonchev–Trinajstić information content (AvgIpc) is 2.91. The third-order valence-corrected chi connectivity index (χ3v) is 4.43. The van der Waals surface area contributed by atoms with Gasteiger partial charge in [-0.15, -0.1) is 0 Å². The first-order valence-electron chi connectivity index (χ1n) is 7.10. The van der Waals surface area contributed by atoms with Crippen molar-refractivity contribution in [3.8, 4) is 0 Å². The van der Waals surface area contributed by atoms with Gasteiger partial charge in [0.05, 0.1) is 5.41 Å². The fourth-order valence-electron chi connectivity index (χ4n) is 2.78. The van der Waals surface area contributed by atoms with Crippen molar-refractivity contribution in [1.82, 2.24) is 9.88 Å². The maximum absolute atomic E-state index is 12.5. The van der Waals surface area contributed by atoms with Gasteiger partial charge in [0.25, 0.3) is 5.91 Å². The third kappa shape index (κ3) is 2.39. The van der Waals surface area contributed by atoms with Crippen LogP contribution in [0.1, 0.15) is 30.3 Å². The Bertz CT molecular complexity index is 663. The average molecular weight is 286 g/mol. The van der Waals surface area contributed by atoms with Crippen molar-refractivity contribution in [2.24, 2.45) is 5.41 Å². The highest BCUT2D eigenvalue weighted by molar-refractivity contribution is 5.98. The van der Waals surface area contributed by atoms with E-state index in [1.54, 1.807) is 11.8 Å². The van der Waals surface area contributed by atoms with Crippen LogP contribution >= 0.6 is 0 Å². The summed E-state index contributed by atoms with van der Waals surface area (Å²) in [7, 11) is 0. The van der Waals surface area contributed by atoms with E-state index in [1.165, 1.54) is 0 Å². The Labute approximate surface area is 122 Å². The number of para-hydroxylation sites is 1. The van der Waals surface area contributed by atoms with Crippen LogP contribution < -0.4 is 0 Å². The molecule has 0 saturated carbocycles. The molecule has 5 nitrogen and oxygen atoms in total. The number of nitrogens with zero attached hydrogens (tertiary/aromatic N) is 1. The van der Waals surface area contributed by atoms with E-state index in [2.05, 4.69) is 4.98 Å². The number of carboxylic acids is 1. The second-order valence-corrected chi connectivity index (χ2v) is 5.93. The first kappa shape index (κ1) is 13.7. The summed E-state index contributed by atoms with van der Waals surface area (Å²) < 4.78 is 0. The number of aromatic amines is 1. The Morgan fingerprint density at radius 3 is 2.52 bits per heavy atom. The molecule has 21 heavy (non-hydrogen) atoms. The van der Waals surface area contributed by atoms with Crippen molar-refractivity contribution < 1.29 is 14.7 Å².